The molecule has 4 rings (SSSR count). The zero-order valence-electron chi connectivity index (χ0n) is 13.7. The summed E-state index contributed by atoms with van der Waals surface area (Å²) < 4.78 is 12.4. The molecule has 22 heavy (non-hydrogen) atoms. The van der Waals surface area contributed by atoms with Crippen LogP contribution in [-0.2, 0) is 9.31 Å². The van der Waals surface area contributed by atoms with Crippen LogP contribution in [0.1, 0.15) is 52.0 Å². The topological polar surface area (TPSA) is 31.4 Å². The Kier molecular flexibility index (Phi) is 2.95. The van der Waals surface area contributed by atoms with Gasteiger partial charge in [-0.2, -0.15) is 0 Å². The Morgan fingerprint density at radius 1 is 1.05 bits per heavy atom. The van der Waals surface area contributed by atoms with Gasteiger partial charge in [-0.1, -0.05) is 18.2 Å². The van der Waals surface area contributed by atoms with Gasteiger partial charge in [-0.3, -0.25) is 4.98 Å². The molecule has 0 bridgehead atoms. The smallest absolute Gasteiger partial charge is 0.399 e. The summed E-state index contributed by atoms with van der Waals surface area (Å²) in [5.74, 6) is 0.685. The van der Waals surface area contributed by atoms with Crippen molar-refractivity contribution in [2.75, 3.05) is 0 Å². The normalized spacial score (nSPS) is 23.2. The van der Waals surface area contributed by atoms with Crippen LogP contribution in [0.15, 0.2) is 30.6 Å². The first-order valence-electron chi connectivity index (χ1n) is 8.11. The third-order valence-corrected chi connectivity index (χ3v) is 5.36. The summed E-state index contributed by atoms with van der Waals surface area (Å²) in [7, 11) is -0.297. The van der Waals surface area contributed by atoms with E-state index in [1.807, 2.05) is 12.4 Å². The molecule has 2 aromatic rings. The van der Waals surface area contributed by atoms with Crippen LogP contribution in [0.4, 0.5) is 0 Å². The molecule has 0 amide bonds. The van der Waals surface area contributed by atoms with Crippen molar-refractivity contribution in [3.63, 3.8) is 0 Å². The van der Waals surface area contributed by atoms with Crippen LogP contribution in [0.25, 0.3) is 10.8 Å². The van der Waals surface area contributed by atoms with Crippen LogP contribution < -0.4 is 5.46 Å². The Balaban J connectivity index is 1.76. The van der Waals surface area contributed by atoms with Crippen molar-refractivity contribution < 1.29 is 9.31 Å². The zero-order valence-corrected chi connectivity index (χ0v) is 13.7. The van der Waals surface area contributed by atoms with Gasteiger partial charge < -0.3 is 9.31 Å². The standard InChI is InChI=1S/C18H22BNO2/c1-17(2)18(3,4)22-19(21-17)14-8-7-13-10-20-11-16(12-5-6-12)15(13)9-14/h7-12H,5-6H2,1-4H3. The molecule has 1 aromatic carbocycles. The minimum atomic E-state index is -0.301. The minimum Gasteiger partial charge on any atom is -0.399 e. The van der Waals surface area contributed by atoms with Crippen LogP contribution in [0.5, 0.6) is 0 Å². The molecular weight excluding hydrogens is 273 g/mol. The molecular formula is C18H22BNO2. The molecule has 1 saturated carbocycles. The fraction of sp³-hybridized carbons (Fsp3) is 0.500. The zero-order chi connectivity index (χ0) is 15.5. The maximum Gasteiger partial charge on any atom is 0.494 e. The molecule has 0 unspecified atom stereocenters. The molecule has 0 radical (unpaired) electrons. The van der Waals surface area contributed by atoms with E-state index in [9.17, 15) is 0 Å². The molecule has 0 spiro atoms. The second-order valence-corrected chi connectivity index (χ2v) is 7.57. The van der Waals surface area contributed by atoms with E-state index < -0.39 is 0 Å². The van der Waals surface area contributed by atoms with Crippen LogP contribution in [0, 0.1) is 0 Å². The molecule has 1 aliphatic carbocycles. The summed E-state index contributed by atoms with van der Waals surface area (Å²) in [5.41, 5.74) is 1.86. The highest BCUT2D eigenvalue weighted by Crippen LogP contribution is 2.42. The maximum absolute atomic E-state index is 6.18. The van der Waals surface area contributed by atoms with Gasteiger partial charge in [-0.05, 0) is 62.9 Å². The summed E-state index contributed by atoms with van der Waals surface area (Å²) in [6.07, 6.45) is 6.52. The van der Waals surface area contributed by atoms with E-state index >= 15 is 0 Å². The Morgan fingerprint density at radius 2 is 1.73 bits per heavy atom. The van der Waals surface area contributed by atoms with Crippen molar-refractivity contribution in [2.45, 2.75) is 57.7 Å². The predicted molar refractivity (Wildman–Crippen MR) is 89.4 cm³/mol. The largest absolute Gasteiger partial charge is 0.494 e. The summed E-state index contributed by atoms with van der Waals surface area (Å²) in [5, 5.41) is 2.49. The van der Waals surface area contributed by atoms with Gasteiger partial charge in [-0.15, -0.1) is 0 Å². The summed E-state index contributed by atoms with van der Waals surface area (Å²) in [6.45, 7) is 8.36. The van der Waals surface area contributed by atoms with Crippen molar-refractivity contribution in [1.29, 1.82) is 0 Å². The third-order valence-electron chi connectivity index (χ3n) is 5.36. The van der Waals surface area contributed by atoms with Gasteiger partial charge in [0.15, 0.2) is 0 Å². The highest BCUT2D eigenvalue weighted by molar-refractivity contribution is 6.62. The molecule has 3 nitrogen and oxygen atoms in total. The number of benzene rings is 1. The third kappa shape index (κ3) is 2.17. The average molecular weight is 295 g/mol. The van der Waals surface area contributed by atoms with E-state index in [-0.39, 0.29) is 18.3 Å². The van der Waals surface area contributed by atoms with Gasteiger partial charge in [0, 0.05) is 17.8 Å². The molecule has 1 saturated heterocycles. The van der Waals surface area contributed by atoms with Crippen molar-refractivity contribution in [3.05, 3.63) is 36.2 Å². The number of nitrogens with zero attached hydrogens (tertiary/aromatic N) is 1. The number of hydrogen-bond donors (Lipinski definition) is 0. The number of hydrogen-bond acceptors (Lipinski definition) is 3. The van der Waals surface area contributed by atoms with Crippen molar-refractivity contribution >= 4 is 23.4 Å². The fourth-order valence-corrected chi connectivity index (χ4v) is 3.05. The van der Waals surface area contributed by atoms with E-state index in [2.05, 4.69) is 50.9 Å². The van der Waals surface area contributed by atoms with Crippen LogP contribution in [0.2, 0.25) is 0 Å². The number of rotatable bonds is 2. The Hall–Kier alpha value is -1.39. The van der Waals surface area contributed by atoms with E-state index in [0.717, 1.165) is 5.46 Å². The Bertz CT molecular complexity index is 721. The molecule has 0 atom stereocenters. The van der Waals surface area contributed by atoms with Crippen LogP contribution in [-0.4, -0.2) is 23.3 Å². The quantitative estimate of drug-likeness (QED) is 0.796. The van der Waals surface area contributed by atoms with E-state index in [4.69, 9.17) is 9.31 Å². The number of pyridine rings is 1. The molecule has 2 heterocycles. The highest BCUT2D eigenvalue weighted by atomic mass is 16.7. The first-order valence-corrected chi connectivity index (χ1v) is 8.11. The molecule has 114 valence electrons. The van der Waals surface area contributed by atoms with Crippen LogP contribution in [0.3, 0.4) is 0 Å². The first-order chi connectivity index (χ1) is 10.4. The van der Waals surface area contributed by atoms with Gasteiger partial charge in [0.05, 0.1) is 11.2 Å². The number of fused-ring (bicyclic) bond motifs is 1. The second-order valence-electron chi connectivity index (χ2n) is 7.57. The molecule has 2 aliphatic rings. The van der Waals surface area contributed by atoms with Crippen LogP contribution >= 0.6 is 0 Å². The van der Waals surface area contributed by atoms with Gasteiger partial charge in [0.25, 0.3) is 0 Å². The first kappa shape index (κ1) is 14.2. The molecule has 2 fully saturated rings. The number of aromatic nitrogens is 1. The van der Waals surface area contributed by atoms with E-state index in [0.29, 0.717) is 5.92 Å². The average Bonchev–Trinajstić information content (AvgIpc) is 3.26. The van der Waals surface area contributed by atoms with Crippen molar-refractivity contribution in [2.24, 2.45) is 0 Å². The van der Waals surface area contributed by atoms with Gasteiger partial charge >= 0.3 is 7.12 Å². The van der Waals surface area contributed by atoms with Gasteiger partial charge in [0.1, 0.15) is 0 Å². The highest BCUT2D eigenvalue weighted by Gasteiger charge is 2.51. The lowest BCUT2D eigenvalue weighted by Crippen LogP contribution is -2.41. The van der Waals surface area contributed by atoms with Gasteiger partial charge in [0.2, 0.25) is 0 Å². The second kappa shape index (κ2) is 4.56. The van der Waals surface area contributed by atoms with E-state index in [1.165, 1.54) is 29.2 Å². The van der Waals surface area contributed by atoms with Crippen molar-refractivity contribution in [1.82, 2.24) is 4.98 Å². The molecule has 4 heteroatoms. The lowest BCUT2D eigenvalue weighted by Gasteiger charge is -2.32. The summed E-state index contributed by atoms with van der Waals surface area (Å²) >= 11 is 0. The maximum atomic E-state index is 6.18. The summed E-state index contributed by atoms with van der Waals surface area (Å²) in [6, 6.07) is 6.46. The molecule has 1 aromatic heterocycles. The SMILES string of the molecule is CC1(C)OB(c2ccc3cncc(C4CC4)c3c2)OC1(C)C. The lowest BCUT2D eigenvalue weighted by molar-refractivity contribution is 0.00578. The molecule has 1 aliphatic heterocycles. The minimum absolute atomic E-state index is 0.297. The lowest BCUT2D eigenvalue weighted by atomic mass is 9.78. The van der Waals surface area contributed by atoms with E-state index in [1.54, 1.807) is 0 Å². The predicted octanol–water partition coefficient (Wildman–Crippen LogP) is 3.41. The fourth-order valence-electron chi connectivity index (χ4n) is 3.05. The summed E-state index contributed by atoms with van der Waals surface area (Å²) in [4.78, 5) is 4.38. The van der Waals surface area contributed by atoms with Crippen molar-refractivity contribution in [3.8, 4) is 0 Å². The molecule has 0 N–H and O–H groups in total. The monoisotopic (exact) mass is 295 g/mol. The Morgan fingerprint density at radius 3 is 2.36 bits per heavy atom. The van der Waals surface area contributed by atoms with Gasteiger partial charge in [-0.25, -0.2) is 0 Å². The Labute approximate surface area is 132 Å².